The molecule has 1 N–H and O–H groups in total. The Balaban J connectivity index is 1.91. The number of carbonyl (C=O) groups excluding carboxylic acids is 1. The molecule has 1 aliphatic carbocycles. The van der Waals surface area contributed by atoms with Crippen molar-refractivity contribution in [3.8, 4) is 0 Å². The zero-order valence-corrected chi connectivity index (χ0v) is 10.1. The average molecular weight is 266 g/mol. The molecule has 3 rings (SSSR count). The summed E-state index contributed by atoms with van der Waals surface area (Å²) in [4.78, 5) is 27.5. The van der Waals surface area contributed by atoms with E-state index >= 15 is 0 Å². The normalized spacial score (nSPS) is 22.2. The van der Waals surface area contributed by atoms with Crippen LogP contribution in [0.25, 0.3) is 5.65 Å². The number of halogens is 1. The van der Waals surface area contributed by atoms with Crippen molar-refractivity contribution < 1.29 is 9.18 Å². The minimum Gasteiger partial charge on any atom is -0.348 e. The summed E-state index contributed by atoms with van der Waals surface area (Å²) in [6.07, 6.45) is 0.992. The monoisotopic (exact) mass is 266 g/mol. The van der Waals surface area contributed by atoms with Gasteiger partial charge in [-0.25, -0.2) is 18.6 Å². The molecule has 0 aromatic carbocycles. The fourth-order valence-corrected chi connectivity index (χ4v) is 1.96. The highest BCUT2D eigenvalue weighted by atomic mass is 19.1. The maximum atomic E-state index is 12.7. The highest BCUT2D eigenvalue weighted by Gasteiger charge is 2.31. The third-order valence-corrected chi connectivity index (χ3v) is 3.13. The number of carbonyl (C=O) groups is 1. The molecular formula is C10H11FN6O2. The molecule has 19 heavy (non-hydrogen) atoms. The van der Waals surface area contributed by atoms with E-state index < -0.39 is 17.8 Å². The number of nitrogens with zero attached hydrogens (tertiary/aromatic N) is 5. The summed E-state index contributed by atoms with van der Waals surface area (Å²) in [5, 5.41) is 10.0. The molecule has 1 amide bonds. The predicted octanol–water partition coefficient (Wildman–Crippen LogP) is -0.947. The first kappa shape index (κ1) is 11.8. The molecule has 0 atom stereocenters. The third kappa shape index (κ3) is 1.86. The Morgan fingerprint density at radius 1 is 1.53 bits per heavy atom. The van der Waals surface area contributed by atoms with Gasteiger partial charge in [0.25, 0.3) is 5.91 Å². The van der Waals surface area contributed by atoms with Crippen molar-refractivity contribution in [2.75, 3.05) is 0 Å². The summed E-state index contributed by atoms with van der Waals surface area (Å²) in [5.41, 5.74) is -0.326. The second-order valence-electron chi connectivity index (χ2n) is 4.52. The van der Waals surface area contributed by atoms with Crippen molar-refractivity contribution in [2.24, 2.45) is 7.05 Å². The largest absolute Gasteiger partial charge is 0.352 e. The lowest BCUT2D eigenvalue weighted by Crippen LogP contribution is -2.45. The molecule has 0 saturated heterocycles. The summed E-state index contributed by atoms with van der Waals surface area (Å²) in [7, 11) is 1.45. The fourth-order valence-electron chi connectivity index (χ4n) is 1.96. The molecule has 1 saturated carbocycles. The molecular weight excluding hydrogens is 255 g/mol. The zero-order chi connectivity index (χ0) is 13.6. The lowest BCUT2D eigenvalue weighted by atomic mass is 9.91. The molecule has 0 aliphatic heterocycles. The summed E-state index contributed by atoms with van der Waals surface area (Å²) < 4.78 is 14.9. The molecule has 1 fully saturated rings. The number of aryl methyl sites for hydroxylation is 1. The Morgan fingerprint density at radius 2 is 2.26 bits per heavy atom. The number of alkyl halides is 1. The highest BCUT2D eigenvalue weighted by molar-refractivity contribution is 5.98. The van der Waals surface area contributed by atoms with Crippen LogP contribution in [0.3, 0.4) is 0 Å². The molecule has 2 heterocycles. The van der Waals surface area contributed by atoms with Gasteiger partial charge in [0.05, 0.1) is 0 Å². The first-order valence-electron chi connectivity index (χ1n) is 5.78. The topological polar surface area (TPSA) is 94.2 Å². The van der Waals surface area contributed by atoms with E-state index in [1.165, 1.54) is 13.4 Å². The van der Waals surface area contributed by atoms with E-state index in [0.29, 0.717) is 12.8 Å². The molecule has 0 bridgehead atoms. The predicted molar refractivity (Wildman–Crippen MR) is 61.4 cm³/mol. The van der Waals surface area contributed by atoms with Crippen LogP contribution in [-0.4, -0.2) is 42.5 Å². The Hall–Kier alpha value is -2.32. The van der Waals surface area contributed by atoms with E-state index in [1.807, 2.05) is 0 Å². The Kier molecular flexibility index (Phi) is 2.54. The third-order valence-electron chi connectivity index (χ3n) is 3.13. The van der Waals surface area contributed by atoms with Gasteiger partial charge in [-0.2, -0.15) is 4.68 Å². The molecule has 0 radical (unpaired) electrons. The van der Waals surface area contributed by atoms with Crippen LogP contribution in [-0.2, 0) is 7.05 Å². The number of hydrogen-bond donors (Lipinski definition) is 1. The van der Waals surface area contributed by atoms with Crippen molar-refractivity contribution >= 4 is 11.6 Å². The quantitative estimate of drug-likeness (QED) is 0.756. The molecule has 9 heteroatoms. The van der Waals surface area contributed by atoms with Crippen molar-refractivity contribution in [1.82, 2.24) is 29.7 Å². The van der Waals surface area contributed by atoms with Gasteiger partial charge in [0.1, 0.15) is 12.5 Å². The number of nitrogens with one attached hydrogen (secondary N) is 1. The maximum absolute atomic E-state index is 12.7. The zero-order valence-electron chi connectivity index (χ0n) is 10.1. The lowest BCUT2D eigenvalue weighted by molar-refractivity contribution is 0.0857. The molecule has 1 aliphatic rings. The summed E-state index contributed by atoms with van der Waals surface area (Å²) in [6.45, 7) is 0. The van der Waals surface area contributed by atoms with Crippen LogP contribution in [0.2, 0.25) is 0 Å². The fraction of sp³-hybridized carbons (Fsp3) is 0.500. The first-order valence-corrected chi connectivity index (χ1v) is 5.78. The van der Waals surface area contributed by atoms with Crippen molar-refractivity contribution in [2.45, 2.75) is 25.1 Å². The maximum Gasteiger partial charge on any atom is 0.352 e. The lowest BCUT2D eigenvalue weighted by Gasteiger charge is -2.29. The van der Waals surface area contributed by atoms with Crippen LogP contribution < -0.4 is 11.0 Å². The number of rotatable bonds is 2. The Labute approximate surface area is 106 Å². The van der Waals surface area contributed by atoms with E-state index in [0.717, 1.165) is 9.08 Å². The molecule has 8 nitrogen and oxygen atoms in total. The first-order chi connectivity index (χ1) is 9.06. The second-order valence-corrected chi connectivity index (χ2v) is 4.52. The number of amides is 1. The van der Waals surface area contributed by atoms with Crippen LogP contribution in [0.1, 0.15) is 23.3 Å². The van der Waals surface area contributed by atoms with Gasteiger partial charge in [-0.15, -0.1) is 5.10 Å². The highest BCUT2D eigenvalue weighted by Crippen LogP contribution is 2.23. The van der Waals surface area contributed by atoms with Crippen LogP contribution in [0.5, 0.6) is 0 Å². The number of hydrogen-bond acceptors (Lipinski definition) is 5. The van der Waals surface area contributed by atoms with E-state index in [2.05, 4.69) is 20.6 Å². The molecule has 0 spiro atoms. The van der Waals surface area contributed by atoms with Gasteiger partial charge >= 0.3 is 5.69 Å². The minimum atomic E-state index is -0.851. The average Bonchev–Trinajstić information content (AvgIpc) is 2.76. The number of imidazole rings is 1. The van der Waals surface area contributed by atoms with E-state index in [1.54, 1.807) is 0 Å². The van der Waals surface area contributed by atoms with E-state index in [4.69, 9.17) is 0 Å². The summed E-state index contributed by atoms with van der Waals surface area (Å²) in [6, 6.07) is -0.182. The Morgan fingerprint density at radius 3 is 2.95 bits per heavy atom. The van der Waals surface area contributed by atoms with E-state index in [9.17, 15) is 14.0 Å². The standard InChI is InChI=1S/C10H11FN6O2/c1-16-10(19)17-4-12-7(8(17)14-15-16)9(18)13-6-2-5(11)3-6/h4-6H,2-3H2,1H3,(H,13,18). The number of fused-ring (bicyclic) bond motifs is 1. The van der Waals surface area contributed by atoms with Gasteiger partial charge in [0.2, 0.25) is 0 Å². The van der Waals surface area contributed by atoms with Crippen LogP contribution in [0.4, 0.5) is 4.39 Å². The van der Waals surface area contributed by atoms with Gasteiger partial charge in [0.15, 0.2) is 11.3 Å². The van der Waals surface area contributed by atoms with Gasteiger partial charge < -0.3 is 5.32 Å². The van der Waals surface area contributed by atoms with Crippen LogP contribution in [0.15, 0.2) is 11.1 Å². The molecule has 100 valence electrons. The minimum absolute atomic E-state index is 0.0208. The van der Waals surface area contributed by atoms with E-state index in [-0.39, 0.29) is 17.4 Å². The van der Waals surface area contributed by atoms with Gasteiger partial charge in [-0.05, 0) is 12.8 Å². The molecule has 2 aromatic rings. The summed E-state index contributed by atoms with van der Waals surface area (Å²) in [5.74, 6) is -0.470. The van der Waals surface area contributed by atoms with Crippen molar-refractivity contribution in [3.05, 3.63) is 22.5 Å². The smallest absolute Gasteiger partial charge is 0.348 e. The van der Waals surface area contributed by atoms with Gasteiger partial charge in [0, 0.05) is 13.1 Å². The Bertz CT molecular complexity index is 702. The second kappa shape index (κ2) is 4.11. The van der Waals surface area contributed by atoms with Gasteiger partial charge in [-0.1, -0.05) is 5.21 Å². The van der Waals surface area contributed by atoms with Crippen LogP contribution in [0, 0.1) is 0 Å². The van der Waals surface area contributed by atoms with Gasteiger partial charge in [-0.3, -0.25) is 4.79 Å². The van der Waals surface area contributed by atoms with Crippen molar-refractivity contribution in [3.63, 3.8) is 0 Å². The van der Waals surface area contributed by atoms with Crippen LogP contribution >= 0.6 is 0 Å². The SMILES string of the molecule is Cn1nnc2c(C(=O)NC3CC(F)C3)ncn2c1=O. The molecule has 0 unspecified atom stereocenters. The number of aromatic nitrogens is 5. The van der Waals surface area contributed by atoms with Crippen molar-refractivity contribution in [1.29, 1.82) is 0 Å². The molecule has 2 aromatic heterocycles. The summed E-state index contributed by atoms with van der Waals surface area (Å²) >= 11 is 0.